The van der Waals surface area contributed by atoms with Gasteiger partial charge in [0.25, 0.3) is 0 Å². The lowest BCUT2D eigenvalue weighted by atomic mass is 10.1. The van der Waals surface area contributed by atoms with Gasteiger partial charge in [-0.25, -0.2) is 0 Å². The van der Waals surface area contributed by atoms with E-state index in [1.54, 1.807) is 11.3 Å². The molecule has 0 spiro atoms. The summed E-state index contributed by atoms with van der Waals surface area (Å²) in [4.78, 5) is 16.6. The second kappa shape index (κ2) is 7.47. The van der Waals surface area contributed by atoms with Crippen LogP contribution < -0.4 is 5.32 Å². The first-order valence-corrected chi connectivity index (χ1v) is 8.96. The van der Waals surface area contributed by atoms with Gasteiger partial charge < -0.3 is 10.3 Å². The van der Waals surface area contributed by atoms with E-state index >= 15 is 0 Å². The van der Waals surface area contributed by atoms with Crippen LogP contribution in [0.3, 0.4) is 0 Å². The fourth-order valence-electron chi connectivity index (χ4n) is 2.77. The zero-order chi connectivity index (χ0) is 16.1. The molecule has 0 bridgehead atoms. The Morgan fingerprint density at radius 1 is 1.22 bits per heavy atom. The van der Waals surface area contributed by atoms with Crippen molar-refractivity contribution in [2.75, 3.05) is 0 Å². The maximum atomic E-state index is 11.9. The lowest BCUT2D eigenvalue weighted by molar-refractivity contribution is -0.121. The Hall–Kier alpha value is -2.07. The summed E-state index contributed by atoms with van der Waals surface area (Å²) >= 11 is 1.79. The van der Waals surface area contributed by atoms with Gasteiger partial charge in [0, 0.05) is 29.1 Å². The van der Waals surface area contributed by atoms with Crippen molar-refractivity contribution in [3.8, 4) is 0 Å². The average Bonchev–Trinajstić information content (AvgIpc) is 3.17. The topological polar surface area (TPSA) is 44.9 Å². The van der Waals surface area contributed by atoms with Gasteiger partial charge in [0.15, 0.2) is 0 Å². The summed E-state index contributed by atoms with van der Waals surface area (Å²) in [6.45, 7) is 2.65. The first kappa shape index (κ1) is 15.8. The molecule has 0 aliphatic carbocycles. The highest BCUT2D eigenvalue weighted by molar-refractivity contribution is 7.09. The van der Waals surface area contributed by atoms with Gasteiger partial charge in [0.05, 0.1) is 0 Å². The van der Waals surface area contributed by atoms with Gasteiger partial charge in [0.1, 0.15) is 0 Å². The predicted octanol–water partition coefficient (Wildman–Crippen LogP) is 4.57. The van der Waals surface area contributed by atoms with E-state index in [4.69, 9.17) is 0 Å². The lowest BCUT2D eigenvalue weighted by Crippen LogP contribution is -2.22. The van der Waals surface area contributed by atoms with Gasteiger partial charge in [-0.2, -0.15) is 0 Å². The SMILES string of the molecule is Cc1cc2cc(CNC(=O)CCCCc3cccs3)ccc2[nH]1. The molecule has 120 valence electrons. The zero-order valence-corrected chi connectivity index (χ0v) is 14.2. The van der Waals surface area contributed by atoms with Crippen molar-refractivity contribution >= 4 is 28.1 Å². The number of hydrogen-bond acceptors (Lipinski definition) is 2. The third-order valence-electron chi connectivity index (χ3n) is 3.97. The number of aromatic amines is 1. The van der Waals surface area contributed by atoms with Gasteiger partial charge in [-0.15, -0.1) is 11.3 Å². The van der Waals surface area contributed by atoms with Crippen molar-refractivity contribution in [3.05, 3.63) is 57.9 Å². The highest BCUT2D eigenvalue weighted by Crippen LogP contribution is 2.17. The van der Waals surface area contributed by atoms with Crippen molar-refractivity contribution in [2.45, 2.75) is 39.2 Å². The summed E-state index contributed by atoms with van der Waals surface area (Å²) in [5, 5.41) is 6.32. The Morgan fingerprint density at radius 3 is 2.96 bits per heavy atom. The molecule has 0 saturated carbocycles. The Kier molecular flexibility index (Phi) is 5.13. The molecule has 3 rings (SSSR count). The van der Waals surface area contributed by atoms with E-state index in [0.29, 0.717) is 13.0 Å². The molecule has 23 heavy (non-hydrogen) atoms. The second-order valence-electron chi connectivity index (χ2n) is 5.94. The number of aryl methyl sites for hydroxylation is 2. The van der Waals surface area contributed by atoms with Crippen LogP contribution in [0, 0.1) is 6.92 Å². The molecule has 1 aromatic carbocycles. The Labute approximate surface area is 140 Å². The van der Waals surface area contributed by atoms with Crippen LogP contribution in [0.2, 0.25) is 0 Å². The van der Waals surface area contributed by atoms with E-state index in [1.165, 1.54) is 10.3 Å². The number of carbonyl (C=O) groups excluding carboxylic acids is 1. The maximum absolute atomic E-state index is 11.9. The van der Waals surface area contributed by atoms with Crippen LogP contribution in [-0.4, -0.2) is 10.9 Å². The summed E-state index contributed by atoms with van der Waals surface area (Å²) in [7, 11) is 0. The number of rotatable bonds is 7. The number of benzene rings is 1. The third-order valence-corrected chi connectivity index (χ3v) is 4.90. The van der Waals surface area contributed by atoms with E-state index in [2.05, 4.69) is 59.0 Å². The molecule has 0 fully saturated rings. The molecule has 0 radical (unpaired) electrons. The molecule has 0 saturated heterocycles. The normalized spacial score (nSPS) is 11.0. The monoisotopic (exact) mass is 326 g/mol. The van der Waals surface area contributed by atoms with Crippen LogP contribution in [0.5, 0.6) is 0 Å². The van der Waals surface area contributed by atoms with Gasteiger partial charge in [-0.05, 0) is 66.8 Å². The fourth-order valence-corrected chi connectivity index (χ4v) is 3.52. The number of carbonyl (C=O) groups is 1. The number of nitrogens with one attached hydrogen (secondary N) is 2. The van der Waals surface area contributed by atoms with Crippen molar-refractivity contribution < 1.29 is 4.79 Å². The molecule has 4 heteroatoms. The van der Waals surface area contributed by atoms with Crippen LogP contribution >= 0.6 is 11.3 Å². The highest BCUT2D eigenvalue weighted by Gasteiger charge is 2.04. The van der Waals surface area contributed by atoms with E-state index in [1.807, 2.05) is 0 Å². The molecule has 1 amide bonds. The smallest absolute Gasteiger partial charge is 0.220 e. The minimum atomic E-state index is 0.140. The summed E-state index contributed by atoms with van der Waals surface area (Å²) in [6, 6.07) is 12.6. The molecular weight excluding hydrogens is 304 g/mol. The van der Waals surface area contributed by atoms with Gasteiger partial charge in [-0.3, -0.25) is 4.79 Å². The molecule has 0 unspecified atom stereocenters. The quantitative estimate of drug-likeness (QED) is 0.614. The molecular formula is C19H22N2OS. The first-order valence-electron chi connectivity index (χ1n) is 8.08. The number of H-pyrrole nitrogens is 1. The number of hydrogen-bond donors (Lipinski definition) is 2. The van der Waals surface area contributed by atoms with Crippen molar-refractivity contribution in [1.82, 2.24) is 10.3 Å². The number of aromatic nitrogens is 1. The maximum Gasteiger partial charge on any atom is 0.220 e. The minimum absolute atomic E-state index is 0.140. The van der Waals surface area contributed by atoms with Crippen LogP contribution in [0.1, 0.15) is 35.4 Å². The van der Waals surface area contributed by atoms with Gasteiger partial charge in [-0.1, -0.05) is 12.1 Å². The van der Waals surface area contributed by atoms with E-state index < -0.39 is 0 Å². The lowest BCUT2D eigenvalue weighted by Gasteiger charge is -2.05. The van der Waals surface area contributed by atoms with Crippen molar-refractivity contribution in [1.29, 1.82) is 0 Å². The van der Waals surface area contributed by atoms with Crippen LogP contribution in [0.25, 0.3) is 10.9 Å². The Balaban J connectivity index is 1.40. The highest BCUT2D eigenvalue weighted by atomic mass is 32.1. The van der Waals surface area contributed by atoms with E-state index in [9.17, 15) is 4.79 Å². The summed E-state index contributed by atoms with van der Waals surface area (Å²) in [5.41, 5.74) is 3.45. The van der Waals surface area contributed by atoms with Crippen molar-refractivity contribution in [2.24, 2.45) is 0 Å². The molecule has 2 N–H and O–H groups in total. The first-order chi connectivity index (χ1) is 11.2. The largest absolute Gasteiger partial charge is 0.359 e. The van der Waals surface area contributed by atoms with E-state index in [-0.39, 0.29) is 5.91 Å². The van der Waals surface area contributed by atoms with Crippen LogP contribution in [0.4, 0.5) is 0 Å². The van der Waals surface area contributed by atoms with Crippen molar-refractivity contribution in [3.63, 3.8) is 0 Å². The third kappa shape index (κ3) is 4.45. The molecule has 2 aromatic heterocycles. The number of fused-ring (bicyclic) bond motifs is 1. The van der Waals surface area contributed by atoms with Crippen LogP contribution in [0.15, 0.2) is 41.8 Å². The van der Waals surface area contributed by atoms with Crippen LogP contribution in [-0.2, 0) is 17.8 Å². The molecule has 0 aliphatic rings. The van der Waals surface area contributed by atoms with Gasteiger partial charge >= 0.3 is 0 Å². The molecule has 3 aromatic rings. The van der Waals surface area contributed by atoms with E-state index in [0.717, 1.165) is 36.0 Å². The number of thiophene rings is 1. The molecule has 2 heterocycles. The number of unbranched alkanes of at least 4 members (excludes halogenated alkanes) is 1. The molecule has 0 atom stereocenters. The Bertz CT molecular complexity index is 774. The minimum Gasteiger partial charge on any atom is -0.359 e. The fraction of sp³-hybridized carbons (Fsp3) is 0.316. The Morgan fingerprint density at radius 2 is 2.13 bits per heavy atom. The summed E-state index contributed by atoms with van der Waals surface area (Å²) < 4.78 is 0. The zero-order valence-electron chi connectivity index (χ0n) is 13.4. The standard InChI is InChI=1S/C19H22N2OS/c1-14-11-16-12-15(8-9-18(16)21-14)13-20-19(22)7-3-2-5-17-6-4-10-23-17/h4,6,8-12,21H,2-3,5,7,13H2,1H3,(H,20,22). The average molecular weight is 326 g/mol. The second-order valence-corrected chi connectivity index (χ2v) is 6.97. The summed E-state index contributed by atoms with van der Waals surface area (Å²) in [5.74, 6) is 0.140. The summed E-state index contributed by atoms with van der Waals surface area (Å²) in [6.07, 6.45) is 3.70. The van der Waals surface area contributed by atoms with Gasteiger partial charge in [0.2, 0.25) is 5.91 Å². The molecule has 3 nitrogen and oxygen atoms in total. The number of amides is 1. The molecule has 0 aliphatic heterocycles. The predicted molar refractivity (Wildman–Crippen MR) is 96.8 cm³/mol.